The predicted molar refractivity (Wildman–Crippen MR) is 99.0 cm³/mol. The molecule has 0 amide bonds. The molecule has 4 nitrogen and oxygen atoms in total. The third-order valence-corrected chi connectivity index (χ3v) is 7.28. The average molecular weight is 374 g/mol. The number of esters is 1. The lowest BCUT2D eigenvalue weighted by molar-refractivity contribution is -0.675. The van der Waals surface area contributed by atoms with Crippen molar-refractivity contribution in [1.82, 2.24) is 0 Å². The molecule has 2 fully saturated rings. The number of fused-ring (bicyclic) bond motifs is 2. The normalized spacial score (nSPS) is 38.0. The van der Waals surface area contributed by atoms with E-state index >= 15 is 0 Å². The predicted octanol–water partition coefficient (Wildman–Crippen LogP) is 2.17. The molecule has 0 unspecified atom stereocenters. The number of carbonyl (C=O) groups excluding carboxylic acids is 1. The van der Waals surface area contributed by atoms with E-state index in [1.807, 2.05) is 0 Å². The van der Waals surface area contributed by atoms with E-state index in [-0.39, 0.29) is 35.1 Å². The Balaban J connectivity index is 1.48. The number of rotatable bonds is 4. The Hall–Kier alpha value is -1.72. The van der Waals surface area contributed by atoms with Gasteiger partial charge in [0, 0.05) is 23.3 Å². The fourth-order valence-corrected chi connectivity index (χ4v) is 5.38. The molecule has 5 heteroatoms. The van der Waals surface area contributed by atoms with E-state index in [1.165, 1.54) is 17.7 Å². The van der Waals surface area contributed by atoms with Gasteiger partial charge in [-0.05, 0) is 30.9 Å². The van der Waals surface area contributed by atoms with Gasteiger partial charge in [0.1, 0.15) is 24.4 Å². The third-order valence-electron chi connectivity index (χ3n) is 7.28. The van der Waals surface area contributed by atoms with Crippen LogP contribution in [0, 0.1) is 29.0 Å². The van der Waals surface area contributed by atoms with Crippen LogP contribution < -0.4 is 5.32 Å². The van der Waals surface area contributed by atoms with Crippen molar-refractivity contribution in [3.05, 3.63) is 47.3 Å². The molecule has 0 aromatic heterocycles. The zero-order valence-corrected chi connectivity index (χ0v) is 16.0. The second kappa shape index (κ2) is 7.02. The lowest BCUT2D eigenvalue weighted by Gasteiger charge is -2.51. The molecule has 1 saturated carbocycles. The Kier molecular flexibility index (Phi) is 4.85. The van der Waals surface area contributed by atoms with Crippen LogP contribution in [0.3, 0.4) is 0 Å². The fraction of sp³-hybridized carbons (Fsp3) is 0.591. The minimum Gasteiger partial charge on any atom is -0.461 e. The SMILES string of the molecule is C[C@H]1CCC=C2C[C@H]3OC(=O)[C@@H](C[NH2+]Cc4ccc(F)cc4)[C@H]3[C@H](O)[C@@]21C. The molecule has 0 spiro atoms. The van der Waals surface area contributed by atoms with Crippen LogP contribution in [0.15, 0.2) is 35.9 Å². The number of halogens is 1. The molecule has 27 heavy (non-hydrogen) atoms. The monoisotopic (exact) mass is 374 g/mol. The second-order valence-corrected chi connectivity index (χ2v) is 8.65. The smallest absolute Gasteiger partial charge is 0.315 e. The summed E-state index contributed by atoms with van der Waals surface area (Å²) >= 11 is 0. The highest BCUT2D eigenvalue weighted by molar-refractivity contribution is 5.76. The molecular formula is C22H29FNO3+. The Bertz CT molecular complexity index is 746. The van der Waals surface area contributed by atoms with Gasteiger partial charge in [-0.2, -0.15) is 0 Å². The van der Waals surface area contributed by atoms with Gasteiger partial charge in [-0.15, -0.1) is 0 Å². The molecule has 1 aromatic rings. The highest BCUT2D eigenvalue weighted by Gasteiger charge is 2.60. The van der Waals surface area contributed by atoms with E-state index in [9.17, 15) is 14.3 Å². The van der Waals surface area contributed by atoms with Gasteiger partial charge in [0.2, 0.25) is 0 Å². The van der Waals surface area contributed by atoms with Gasteiger partial charge < -0.3 is 15.2 Å². The summed E-state index contributed by atoms with van der Waals surface area (Å²) in [5.41, 5.74) is 2.02. The van der Waals surface area contributed by atoms with E-state index in [2.05, 4.69) is 25.2 Å². The number of benzene rings is 1. The first-order valence-corrected chi connectivity index (χ1v) is 10.1. The summed E-state index contributed by atoms with van der Waals surface area (Å²) in [4.78, 5) is 12.5. The Morgan fingerprint density at radius 1 is 1.33 bits per heavy atom. The van der Waals surface area contributed by atoms with E-state index in [0.29, 0.717) is 19.0 Å². The first kappa shape index (κ1) is 18.6. The van der Waals surface area contributed by atoms with Crippen molar-refractivity contribution in [3.63, 3.8) is 0 Å². The molecule has 6 atom stereocenters. The summed E-state index contributed by atoms with van der Waals surface area (Å²) < 4.78 is 18.7. The molecule has 0 radical (unpaired) electrons. The molecule has 1 saturated heterocycles. The van der Waals surface area contributed by atoms with Crippen LogP contribution in [-0.2, 0) is 16.1 Å². The number of aliphatic hydroxyl groups is 1. The van der Waals surface area contributed by atoms with E-state index in [1.54, 1.807) is 12.1 Å². The second-order valence-electron chi connectivity index (χ2n) is 8.65. The van der Waals surface area contributed by atoms with Crippen molar-refractivity contribution in [3.8, 4) is 0 Å². The van der Waals surface area contributed by atoms with Crippen molar-refractivity contribution in [2.24, 2.45) is 23.2 Å². The van der Waals surface area contributed by atoms with E-state index in [4.69, 9.17) is 4.74 Å². The molecule has 3 aliphatic rings. The van der Waals surface area contributed by atoms with Crippen molar-refractivity contribution >= 4 is 5.97 Å². The van der Waals surface area contributed by atoms with E-state index < -0.39 is 6.10 Å². The minimum atomic E-state index is -0.562. The van der Waals surface area contributed by atoms with Gasteiger partial charge in [0.25, 0.3) is 0 Å². The molecule has 4 rings (SSSR count). The lowest BCUT2D eigenvalue weighted by atomic mass is 9.55. The third kappa shape index (κ3) is 3.11. The average Bonchev–Trinajstić information content (AvgIpc) is 2.95. The van der Waals surface area contributed by atoms with Gasteiger partial charge in [0.05, 0.1) is 12.6 Å². The Morgan fingerprint density at radius 3 is 2.81 bits per heavy atom. The standard InChI is InChI=1S/C22H28FNO3/c1-13-4-3-5-15-10-18-19(20(25)22(13,15)2)17(21(26)27-18)12-24-11-14-6-8-16(23)9-7-14/h5-9,13,17-20,24-25H,3-4,10-12H2,1-2H3/p+1/t13-,17-,18+,19+,20-,22+/m0/s1. The van der Waals surface area contributed by atoms with Crippen LogP contribution >= 0.6 is 0 Å². The Morgan fingerprint density at radius 2 is 2.07 bits per heavy atom. The first-order chi connectivity index (χ1) is 12.9. The van der Waals surface area contributed by atoms with Gasteiger partial charge in [0.15, 0.2) is 0 Å². The molecule has 1 aromatic carbocycles. The molecule has 1 heterocycles. The fourth-order valence-electron chi connectivity index (χ4n) is 5.38. The van der Waals surface area contributed by atoms with Gasteiger partial charge in [-0.3, -0.25) is 4.79 Å². The quantitative estimate of drug-likeness (QED) is 0.627. The summed E-state index contributed by atoms with van der Waals surface area (Å²) in [6.45, 7) is 5.63. The number of quaternary nitrogens is 1. The van der Waals surface area contributed by atoms with Crippen molar-refractivity contribution in [1.29, 1.82) is 0 Å². The van der Waals surface area contributed by atoms with Crippen LogP contribution in [0.5, 0.6) is 0 Å². The lowest BCUT2D eigenvalue weighted by Crippen LogP contribution is -2.84. The molecule has 1 aliphatic heterocycles. The number of hydrogen-bond acceptors (Lipinski definition) is 3. The Labute approximate surface area is 159 Å². The molecule has 2 aliphatic carbocycles. The van der Waals surface area contributed by atoms with E-state index in [0.717, 1.165) is 24.8 Å². The highest BCUT2D eigenvalue weighted by atomic mass is 19.1. The zero-order chi connectivity index (χ0) is 19.2. The van der Waals surface area contributed by atoms with Crippen LogP contribution in [0.4, 0.5) is 4.39 Å². The van der Waals surface area contributed by atoms with Crippen LogP contribution in [0.1, 0.15) is 38.7 Å². The minimum absolute atomic E-state index is 0.148. The maximum atomic E-state index is 13.0. The first-order valence-electron chi connectivity index (χ1n) is 10.1. The largest absolute Gasteiger partial charge is 0.461 e. The van der Waals surface area contributed by atoms with Crippen LogP contribution in [-0.4, -0.2) is 29.8 Å². The van der Waals surface area contributed by atoms with Crippen LogP contribution in [0.2, 0.25) is 0 Å². The van der Waals surface area contributed by atoms with Gasteiger partial charge in [-0.25, -0.2) is 4.39 Å². The topological polar surface area (TPSA) is 63.1 Å². The molecule has 3 N–H and O–H groups in total. The molecular weight excluding hydrogens is 345 g/mol. The summed E-state index contributed by atoms with van der Waals surface area (Å²) in [5, 5.41) is 13.4. The van der Waals surface area contributed by atoms with Crippen LogP contribution in [0.25, 0.3) is 0 Å². The summed E-state index contributed by atoms with van der Waals surface area (Å²) in [5.74, 6) is -0.476. The van der Waals surface area contributed by atoms with Crippen molar-refractivity contribution in [2.75, 3.05) is 6.54 Å². The maximum absolute atomic E-state index is 13.0. The molecule has 146 valence electrons. The number of aliphatic hydroxyl groups excluding tert-OH is 1. The zero-order valence-electron chi connectivity index (χ0n) is 16.0. The number of hydrogen-bond donors (Lipinski definition) is 2. The van der Waals surface area contributed by atoms with Crippen molar-refractivity contribution < 1.29 is 24.3 Å². The van der Waals surface area contributed by atoms with Gasteiger partial charge in [-0.1, -0.05) is 37.6 Å². The number of nitrogens with two attached hydrogens (primary N) is 1. The highest BCUT2D eigenvalue weighted by Crippen LogP contribution is 2.55. The maximum Gasteiger partial charge on any atom is 0.315 e. The number of carbonyl (C=O) groups is 1. The number of allylic oxidation sites excluding steroid dienone is 1. The molecule has 0 bridgehead atoms. The number of ether oxygens (including phenoxy) is 1. The van der Waals surface area contributed by atoms with Gasteiger partial charge >= 0.3 is 5.97 Å². The summed E-state index contributed by atoms with van der Waals surface area (Å²) in [7, 11) is 0. The summed E-state index contributed by atoms with van der Waals surface area (Å²) in [6, 6.07) is 6.43. The van der Waals surface area contributed by atoms with Crippen molar-refractivity contribution in [2.45, 2.75) is 51.9 Å². The summed E-state index contributed by atoms with van der Waals surface area (Å²) in [6.07, 6.45) is 4.35.